The van der Waals surface area contributed by atoms with E-state index < -0.39 is 40.5 Å². The van der Waals surface area contributed by atoms with E-state index in [4.69, 9.17) is 0 Å². The molecule has 0 radical (unpaired) electrons. The summed E-state index contributed by atoms with van der Waals surface area (Å²) in [5.74, 6) is 0. The molecular weight excluding hydrogens is 1000 g/mol. The van der Waals surface area contributed by atoms with Crippen LogP contribution in [-0.2, 0) is 40.5 Å². The van der Waals surface area contributed by atoms with Crippen molar-refractivity contribution in [3.8, 4) is 0 Å². The zero-order chi connectivity index (χ0) is 52.3. The Labute approximate surface area is 415 Å². The minimum Gasteiger partial charge on any atom is -0.354 e. The molecule has 8 N–H and O–H groups in total. The van der Waals surface area contributed by atoms with Crippen LogP contribution < -0.4 is 21.4 Å². The zero-order valence-corrected chi connectivity index (χ0v) is 43.2. The molecule has 5 heterocycles. The molecule has 0 unspecified atom stereocenters. The number of aromatic amines is 4. The lowest BCUT2D eigenvalue weighted by Gasteiger charge is -2.18. The highest BCUT2D eigenvalue weighted by Crippen LogP contribution is 2.37. The molecule has 0 fully saturated rings. The number of fused-ring (bicyclic) bond motifs is 8. The number of nitrogens with one attached hydrogen (secondary N) is 4. The fourth-order valence-corrected chi connectivity index (χ4v) is 13.3. The van der Waals surface area contributed by atoms with Crippen molar-refractivity contribution in [2.75, 3.05) is 0 Å². The molecule has 4 aromatic heterocycles. The molecule has 0 saturated heterocycles. The van der Waals surface area contributed by atoms with Crippen LogP contribution >= 0.6 is 0 Å². The average molecular weight is 1050 g/mol. The lowest BCUT2D eigenvalue weighted by molar-refractivity contribution is 0.480. The smallest absolute Gasteiger partial charge is 0.294 e. The highest BCUT2D eigenvalue weighted by Gasteiger charge is 2.28. The standard InChI is InChI=1S/C52H48N4O12S4/c1-25-9-21-41(69(57,58)59)29(5)45(25)49-33-13-15-35(53-33)50(46-26(2)10-22-42(30(46)6)70(60,61)62)37-17-19-39(55-37)52(48-28(4)12-24-44(32(48)8)72(66,67)68)40-20-18-38(56-40)51(36-16-14-34(49)54-36)47-27(3)11-23-43(31(47)7)71(63,64)65/h9-24,53-56H,1-8H3,(H,57,58,59)(H,60,61,62)(H,63,64,65)(H,66,67,68). The second-order valence-electron chi connectivity index (χ2n) is 18.1. The van der Waals surface area contributed by atoms with E-state index in [1.54, 1.807) is 128 Å². The molecule has 0 aliphatic carbocycles. The molecule has 0 saturated carbocycles. The maximum Gasteiger partial charge on any atom is 0.294 e. The van der Waals surface area contributed by atoms with E-state index in [0.717, 1.165) is 0 Å². The Bertz CT molecular complexity index is 3870. The Morgan fingerprint density at radius 3 is 0.653 bits per heavy atom. The van der Waals surface area contributed by atoms with Crippen molar-refractivity contribution in [3.05, 3.63) is 208 Å². The topological polar surface area (TPSA) is 281 Å². The minimum absolute atomic E-state index is 0.220. The molecule has 4 aromatic carbocycles. The van der Waals surface area contributed by atoms with Crippen molar-refractivity contribution in [2.45, 2.75) is 75.0 Å². The molecule has 0 spiro atoms. The van der Waals surface area contributed by atoms with E-state index in [0.29, 0.717) is 111 Å². The van der Waals surface area contributed by atoms with Crippen LogP contribution in [0.3, 0.4) is 0 Å². The number of aromatic nitrogens is 4. The number of benzene rings is 4. The van der Waals surface area contributed by atoms with Gasteiger partial charge in [-0.1, -0.05) is 24.3 Å². The maximum absolute atomic E-state index is 12.9. The van der Waals surface area contributed by atoms with Crippen molar-refractivity contribution in [1.29, 1.82) is 0 Å². The van der Waals surface area contributed by atoms with Crippen molar-refractivity contribution in [1.82, 2.24) is 19.9 Å². The molecule has 8 bridgehead atoms. The highest BCUT2D eigenvalue weighted by molar-refractivity contribution is 7.86. The predicted molar refractivity (Wildman–Crippen MR) is 271 cm³/mol. The minimum atomic E-state index is -4.74. The Morgan fingerprint density at radius 1 is 0.278 bits per heavy atom. The molecule has 1 aliphatic rings. The molecule has 0 amide bonds. The SMILES string of the molecule is Cc1ccc(S(=O)(=O)O)c(C)c1C1=c2ccc([nH]2)=C(c2c(C)ccc(S(=O)(=O)O)c2C)c2ccc([nH]2)C(c2c(C)ccc(S(=O)(=O)O)c2C)=c2ccc([nH]2)=C(c2c(C)ccc(S(=O)(=O)O)c2C)c2ccc1[nH]2. The van der Waals surface area contributed by atoms with Gasteiger partial charge >= 0.3 is 0 Å². The Morgan fingerprint density at radius 2 is 0.472 bits per heavy atom. The summed E-state index contributed by atoms with van der Waals surface area (Å²) in [4.78, 5) is 12.8. The third kappa shape index (κ3) is 8.52. The largest absolute Gasteiger partial charge is 0.354 e. The summed E-state index contributed by atoms with van der Waals surface area (Å²) < 4.78 is 145. The van der Waals surface area contributed by atoms with Gasteiger partial charge in [0, 0.05) is 66.5 Å². The van der Waals surface area contributed by atoms with E-state index in [9.17, 15) is 51.9 Å². The summed E-state index contributed by atoms with van der Waals surface area (Å²) in [7, 11) is -19.0. The molecule has 20 heteroatoms. The van der Waals surface area contributed by atoms with Crippen LogP contribution in [0.2, 0.25) is 0 Å². The van der Waals surface area contributed by atoms with Gasteiger partial charge in [-0.25, -0.2) is 0 Å². The number of aryl methyl sites for hydroxylation is 4. The van der Waals surface area contributed by atoms with E-state index in [2.05, 4.69) is 19.9 Å². The van der Waals surface area contributed by atoms with Gasteiger partial charge in [-0.05, 0) is 195 Å². The number of H-pyrrole nitrogens is 4. The van der Waals surface area contributed by atoms with Crippen molar-refractivity contribution < 1.29 is 51.9 Å². The van der Waals surface area contributed by atoms with E-state index in [1.165, 1.54) is 24.3 Å². The monoisotopic (exact) mass is 1050 g/mol. The van der Waals surface area contributed by atoms with Gasteiger partial charge in [-0.15, -0.1) is 0 Å². The molecule has 1 aliphatic heterocycles. The van der Waals surface area contributed by atoms with E-state index >= 15 is 0 Å². The van der Waals surface area contributed by atoms with E-state index in [-0.39, 0.29) is 41.8 Å². The van der Waals surface area contributed by atoms with Crippen LogP contribution in [0.15, 0.2) is 117 Å². The van der Waals surface area contributed by atoms with Gasteiger partial charge in [0.05, 0.1) is 19.6 Å². The summed E-state index contributed by atoms with van der Waals surface area (Å²) in [6.45, 7) is 13.5. The Balaban J connectivity index is 1.55. The second kappa shape index (κ2) is 17.4. The van der Waals surface area contributed by atoms with Gasteiger partial charge in [-0.3, -0.25) is 18.2 Å². The Hall–Kier alpha value is -6.88. The first-order valence-electron chi connectivity index (χ1n) is 22.2. The molecule has 9 rings (SSSR count). The molecule has 0 atom stereocenters. The van der Waals surface area contributed by atoms with Gasteiger partial charge in [0.25, 0.3) is 40.5 Å². The molecule has 16 nitrogen and oxygen atoms in total. The third-order valence-corrected chi connectivity index (χ3v) is 17.5. The van der Waals surface area contributed by atoms with Gasteiger partial charge in [0.1, 0.15) is 0 Å². The van der Waals surface area contributed by atoms with Crippen LogP contribution in [0.4, 0.5) is 0 Å². The predicted octanol–water partition coefficient (Wildman–Crippen LogP) is 5.76. The van der Waals surface area contributed by atoms with Crippen LogP contribution in [-0.4, -0.2) is 71.8 Å². The second-order valence-corrected chi connectivity index (χ2v) is 23.6. The van der Waals surface area contributed by atoms with Gasteiger partial charge in [-0.2, -0.15) is 33.7 Å². The molecule has 8 aromatic rings. The van der Waals surface area contributed by atoms with Crippen LogP contribution in [0.1, 0.15) is 89.5 Å². The molecular formula is C52H48N4O12S4. The normalized spacial score (nSPS) is 13.6. The van der Waals surface area contributed by atoms with Gasteiger partial charge in [0.15, 0.2) is 0 Å². The average Bonchev–Trinajstić information content (AvgIpc) is 4.11. The number of hydrogen-bond donors (Lipinski definition) is 8. The Kier molecular flexibility index (Phi) is 12.1. The third-order valence-electron chi connectivity index (χ3n) is 13.5. The lowest BCUT2D eigenvalue weighted by Crippen LogP contribution is -2.21. The summed E-state index contributed by atoms with van der Waals surface area (Å²) in [5, 5.41) is 1.72. The van der Waals surface area contributed by atoms with Crippen molar-refractivity contribution in [2.24, 2.45) is 0 Å². The summed E-state index contributed by atoms with van der Waals surface area (Å²) in [5.41, 5.74) is 8.59. The maximum atomic E-state index is 12.9. The van der Waals surface area contributed by atoms with Crippen LogP contribution in [0, 0.1) is 55.4 Å². The quantitative estimate of drug-likeness (QED) is 0.0845. The van der Waals surface area contributed by atoms with Gasteiger partial charge < -0.3 is 19.9 Å². The summed E-state index contributed by atoms with van der Waals surface area (Å²) in [6.07, 6.45) is 0. The lowest BCUT2D eigenvalue weighted by atomic mass is 9.93. The highest BCUT2D eigenvalue weighted by atomic mass is 32.2. The molecule has 372 valence electrons. The number of hydrogen-bond acceptors (Lipinski definition) is 8. The summed E-state index contributed by atoms with van der Waals surface area (Å²) in [6, 6.07) is 25.7. The first kappa shape index (κ1) is 50.1. The fraction of sp³-hybridized carbons (Fsp3) is 0.154. The number of rotatable bonds is 8. The first-order valence-corrected chi connectivity index (χ1v) is 27.9. The zero-order valence-electron chi connectivity index (χ0n) is 39.9. The van der Waals surface area contributed by atoms with Crippen LogP contribution in [0.25, 0.3) is 22.3 Å². The fourth-order valence-electron chi connectivity index (χ4n) is 10.4. The molecule has 72 heavy (non-hydrogen) atoms. The van der Waals surface area contributed by atoms with E-state index in [1.807, 2.05) is 0 Å². The first-order chi connectivity index (χ1) is 33.6. The van der Waals surface area contributed by atoms with Crippen LogP contribution in [0.5, 0.6) is 0 Å². The van der Waals surface area contributed by atoms with Crippen molar-refractivity contribution >= 4 is 62.8 Å². The van der Waals surface area contributed by atoms with Gasteiger partial charge in [0.2, 0.25) is 0 Å². The van der Waals surface area contributed by atoms with Crippen molar-refractivity contribution in [3.63, 3.8) is 0 Å². The summed E-state index contributed by atoms with van der Waals surface area (Å²) >= 11 is 0.